The van der Waals surface area contributed by atoms with Gasteiger partial charge in [-0.15, -0.1) is 24.2 Å². The van der Waals surface area contributed by atoms with Gasteiger partial charge in [-0.25, -0.2) is 0 Å². The Hall–Kier alpha value is -0.460. The molecular weight excluding hydrogens is 286 g/mol. The number of thioether (sulfide) groups is 1. The van der Waals surface area contributed by atoms with Gasteiger partial charge in [-0.1, -0.05) is 13.8 Å². The number of hydrogen-bond acceptors (Lipinski definition) is 4. The standard InChI is InChI=1S/C12H23N3O2S.ClH/c1-9(2)10(13)4-5-14(3)11(16)6-15-8-18-7-12(15)17;/h9-10H,4-8,13H2,1-3H3;1H. The summed E-state index contributed by atoms with van der Waals surface area (Å²) in [6, 6.07) is 0.115. The molecule has 1 aliphatic rings. The molecule has 112 valence electrons. The van der Waals surface area contributed by atoms with E-state index in [9.17, 15) is 9.59 Å². The van der Waals surface area contributed by atoms with Crippen molar-refractivity contribution in [1.82, 2.24) is 9.80 Å². The van der Waals surface area contributed by atoms with Gasteiger partial charge in [-0.05, 0) is 12.3 Å². The van der Waals surface area contributed by atoms with Crippen molar-refractivity contribution in [3.05, 3.63) is 0 Å². The smallest absolute Gasteiger partial charge is 0.241 e. The first-order valence-electron chi connectivity index (χ1n) is 6.27. The van der Waals surface area contributed by atoms with Gasteiger partial charge in [0.25, 0.3) is 0 Å². The van der Waals surface area contributed by atoms with E-state index in [-0.39, 0.29) is 36.8 Å². The van der Waals surface area contributed by atoms with Crippen LogP contribution in [0.15, 0.2) is 0 Å². The minimum absolute atomic E-state index is 0. The van der Waals surface area contributed by atoms with E-state index < -0.39 is 0 Å². The summed E-state index contributed by atoms with van der Waals surface area (Å²) in [4.78, 5) is 26.6. The molecule has 1 fully saturated rings. The normalized spacial score (nSPS) is 16.5. The lowest BCUT2D eigenvalue weighted by molar-refractivity contribution is -0.137. The Kier molecular flexibility index (Phi) is 8.45. The quantitative estimate of drug-likeness (QED) is 0.787. The van der Waals surface area contributed by atoms with Gasteiger partial charge in [0.05, 0.1) is 11.6 Å². The molecule has 19 heavy (non-hydrogen) atoms. The Morgan fingerprint density at radius 1 is 1.53 bits per heavy atom. The topological polar surface area (TPSA) is 66.6 Å². The summed E-state index contributed by atoms with van der Waals surface area (Å²) in [6.07, 6.45) is 0.794. The number of likely N-dealkylation sites (N-methyl/N-ethyl adjacent to an activating group) is 1. The summed E-state index contributed by atoms with van der Waals surface area (Å²) in [6.45, 7) is 4.99. The van der Waals surface area contributed by atoms with Gasteiger partial charge in [0.2, 0.25) is 11.8 Å². The summed E-state index contributed by atoms with van der Waals surface area (Å²) in [5.74, 6) is 1.59. The molecule has 7 heteroatoms. The fourth-order valence-corrected chi connectivity index (χ4v) is 2.53. The average molecular weight is 310 g/mol. The number of nitrogens with two attached hydrogens (primary N) is 1. The highest BCUT2D eigenvalue weighted by Crippen LogP contribution is 2.14. The summed E-state index contributed by atoms with van der Waals surface area (Å²) < 4.78 is 0. The fraction of sp³-hybridized carbons (Fsp3) is 0.833. The number of halogens is 1. The maximum Gasteiger partial charge on any atom is 0.241 e. The van der Waals surface area contributed by atoms with E-state index in [2.05, 4.69) is 13.8 Å². The molecule has 0 aromatic carbocycles. The van der Waals surface area contributed by atoms with Gasteiger partial charge in [-0.2, -0.15) is 0 Å². The number of rotatable bonds is 6. The van der Waals surface area contributed by atoms with Gasteiger partial charge in [0.1, 0.15) is 6.54 Å². The van der Waals surface area contributed by atoms with Crippen molar-refractivity contribution in [3.63, 3.8) is 0 Å². The number of carbonyl (C=O) groups is 2. The van der Waals surface area contributed by atoms with Crippen molar-refractivity contribution in [2.75, 3.05) is 31.8 Å². The predicted molar refractivity (Wildman–Crippen MR) is 81.4 cm³/mol. The first kappa shape index (κ1) is 18.5. The summed E-state index contributed by atoms with van der Waals surface area (Å²) in [5.41, 5.74) is 5.94. The van der Waals surface area contributed by atoms with Crippen molar-refractivity contribution >= 4 is 36.0 Å². The molecule has 1 rings (SSSR count). The van der Waals surface area contributed by atoms with Crippen molar-refractivity contribution in [2.45, 2.75) is 26.3 Å². The maximum absolute atomic E-state index is 11.9. The zero-order valence-corrected chi connectivity index (χ0v) is 13.4. The van der Waals surface area contributed by atoms with E-state index in [1.165, 1.54) is 0 Å². The zero-order chi connectivity index (χ0) is 13.7. The second kappa shape index (κ2) is 8.66. The highest BCUT2D eigenvalue weighted by atomic mass is 35.5. The number of nitrogens with zero attached hydrogens (tertiary/aromatic N) is 2. The number of carbonyl (C=O) groups excluding carboxylic acids is 2. The first-order chi connectivity index (χ1) is 8.41. The molecule has 2 N–H and O–H groups in total. The largest absolute Gasteiger partial charge is 0.344 e. The molecule has 5 nitrogen and oxygen atoms in total. The van der Waals surface area contributed by atoms with E-state index >= 15 is 0 Å². The second-order valence-corrected chi connectivity index (χ2v) is 6.04. The van der Waals surface area contributed by atoms with Gasteiger partial charge < -0.3 is 15.5 Å². The Morgan fingerprint density at radius 2 is 2.16 bits per heavy atom. The molecule has 0 aromatic rings. The molecule has 0 bridgehead atoms. The average Bonchev–Trinajstić information content (AvgIpc) is 2.71. The molecule has 1 aliphatic heterocycles. The van der Waals surface area contributed by atoms with E-state index in [4.69, 9.17) is 5.73 Å². The molecule has 0 spiro atoms. The second-order valence-electron chi connectivity index (χ2n) is 5.08. The van der Waals surface area contributed by atoms with Crippen LogP contribution in [0.1, 0.15) is 20.3 Å². The SMILES string of the molecule is CC(C)C(N)CCN(C)C(=O)CN1CSCC1=O.Cl. The van der Waals surface area contributed by atoms with Gasteiger partial charge in [0, 0.05) is 19.6 Å². The Bertz CT molecular complexity index is 315. The summed E-state index contributed by atoms with van der Waals surface area (Å²) in [7, 11) is 1.77. The summed E-state index contributed by atoms with van der Waals surface area (Å²) >= 11 is 1.55. The fourth-order valence-electron chi connectivity index (χ4n) is 1.62. The molecule has 0 aromatic heterocycles. The van der Waals surface area contributed by atoms with Crippen LogP contribution in [-0.4, -0.2) is 59.4 Å². The highest BCUT2D eigenvalue weighted by molar-refractivity contribution is 8.00. The monoisotopic (exact) mass is 309 g/mol. The van der Waals surface area contributed by atoms with E-state index in [0.29, 0.717) is 24.1 Å². The van der Waals surface area contributed by atoms with Crippen LogP contribution in [-0.2, 0) is 9.59 Å². The third-order valence-electron chi connectivity index (χ3n) is 3.23. The van der Waals surface area contributed by atoms with Crippen molar-refractivity contribution in [1.29, 1.82) is 0 Å². The van der Waals surface area contributed by atoms with Gasteiger partial charge in [-0.3, -0.25) is 9.59 Å². The summed E-state index contributed by atoms with van der Waals surface area (Å²) in [5, 5.41) is 0. The van der Waals surface area contributed by atoms with Gasteiger partial charge in [0.15, 0.2) is 0 Å². The van der Waals surface area contributed by atoms with Crippen LogP contribution in [0.5, 0.6) is 0 Å². The van der Waals surface area contributed by atoms with Crippen LogP contribution >= 0.6 is 24.2 Å². The van der Waals surface area contributed by atoms with Crippen LogP contribution in [0.2, 0.25) is 0 Å². The molecule has 0 aliphatic carbocycles. The van der Waals surface area contributed by atoms with Crippen LogP contribution in [0.25, 0.3) is 0 Å². The lowest BCUT2D eigenvalue weighted by atomic mass is 10.0. The minimum Gasteiger partial charge on any atom is -0.344 e. The lowest BCUT2D eigenvalue weighted by Crippen LogP contribution is -2.41. The molecular formula is C12H24ClN3O2S. The van der Waals surface area contributed by atoms with E-state index in [0.717, 1.165) is 6.42 Å². The molecule has 0 saturated carbocycles. The predicted octanol–water partition coefficient (Wildman–Crippen LogP) is 0.773. The Morgan fingerprint density at radius 3 is 2.63 bits per heavy atom. The molecule has 0 radical (unpaired) electrons. The van der Waals surface area contributed by atoms with Crippen molar-refractivity contribution in [2.24, 2.45) is 11.7 Å². The molecule has 2 amide bonds. The highest BCUT2D eigenvalue weighted by Gasteiger charge is 2.24. The van der Waals surface area contributed by atoms with Crippen LogP contribution in [0.3, 0.4) is 0 Å². The minimum atomic E-state index is -0.0122. The zero-order valence-electron chi connectivity index (χ0n) is 11.8. The Labute approximate surface area is 125 Å². The van der Waals surface area contributed by atoms with E-state index in [1.54, 1.807) is 28.6 Å². The molecule has 1 saturated heterocycles. The molecule has 1 heterocycles. The Balaban J connectivity index is 0.00000324. The van der Waals surface area contributed by atoms with Crippen LogP contribution in [0, 0.1) is 5.92 Å². The van der Waals surface area contributed by atoms with Crippen molar-refractivity contribution < 1.29 is 9.59 Å². The molecule has 1 atom stereocenters. The van der Waals surface area contributed by atoms with Gasteiger partial charge >= 0.3 is 0 Å². The van der Waals surface area contributed by atoms with Crippen LogP contribution < -0.4 is 5.73 Å². The maximum atomic E-state index is 11.9. The van der Waals surface area contributed by atoms with E-state index in [1.807, 2.05) is 0 Å². The van der Waals surface area contributed by atoms with Crippen LogP contribution in [0.4, 0.5) is 0 Å². The first-order valence-corrected chi connectivity index (χ1v) is 7.42. The third kappa shape index (κ3) is 6.01. The third-order valence-corrected chi connectivity index (χ3v) is 4.18. The molecule has 1 unspecified atom stereocenters. The number of amides is 2. The number of hydrogen-bond donors (Lipinski definition) is 1. The lowest BCUT2D eigenvalue weighted by Gasteiger charge is -2.23. The van der Waals surface area contributed by atoms with Crippen molar-refractivity contribution in [3.8, 4) is 0 Å².